The van der Waals surface area contributed by atoms with E-state index in [1.54, 1.807) is 48.6 Å². The highest BCUT2D eigenvalue weighted by molar-refractivity contribution is 9.10. The predicted molar refractivity (Wildman–Crippen MR) is 152 cm³/mol. The third-order valence-electron chi connectivity index (χ3n) is 7.91. The van der Waals surface area contributed by atoms with Gasteiger partial charge < -0.3 is 15.3 Å². The van der Waals surface area contributed by atoms with Crippen LogP contribution in [0.3, 0.4) is 0 Å². The van der Waals surface area contributed by atoms with Crippen LogP contribution in [0.1, 0.15) is 48.6 Å². The van der Waals surface area contributed by atoms with Crippen molar-refractivity contribution in [3.05, 3.63) is 58.5 Å². The molecule has 1 aliphatic heterocycles. The molecule has 0 aromatic carbocycles. The van der Waals surface area contributed by atoms with Crippen LogP contribution in [0.4, 0.5) is 5.82 Å². The Balaban J connectivity index is 1.29. The Labute approximate surface area is 243 Å². The molecule has 6 rings (SSSR count). The average Bonchev–Trinajstić information content (AvgIpc) is 3.30. The fourth-order valence-electron chi connectivity index (χ4n) is 5.61. The average molecular weight is 619 g/mol. The topological polar surface area (TPSA) is 156 Å². The highest BCUT2D eigenvalue weighted by Crippen LogP contribution is 2.59. The van der Waals surface area contributed by atoms with E-state index in [-0.39, 0.29) is 53.7 Å². The monoisotopic (exact) mass is 618 g/mol. The molecule has 2 N–H and O–H groups in total. The number of fused-ring (bicyclic) bond motifs is 2. The Morgan fingerprint density at radius 3 is 2.61 bits per heavy atom. The molecule has 12 nitrogen and oxygen atoms in total. The Morgan fingerprint density at radius 2 is 1.90 bits per heavy atom. The number of hydrogen-bond acceptors (Lipinski definition) is 9. The summed E-state index contributed by atoms with van der Waals surface area (Å²) in [5.41, 5.74) is 2.36. The number of carbonyl (C=O) groups is 3. The van der Waals surface area contributed by atoms with E-state index in [9.17, 15) is 19.5 Å². The lowest BCUT2D eigenvalue weighted by Crippen LogP contribution is -2.47. The Kier molecular flexibility index (Phi) is 6.65. The SMILES string of the molecule is CC(=O)c1nn(CC(=O)N2[C@H](C(=O)Nc3nc(Br)ccc3CO)C[C@@]3(C)C[C@@H]23)c2cnc(-c3cnc(C)nc3)cc12. The molecule has 13 heteroatoms. The summed E-state index contributed by atoms with van der Waals surface area (Å²) < 4.78 is 1.99. The van der Waals surface area contributed by atoms with E-state index >= 15 is 0 Å². The molecular formula is C28H27BrN8O4. The summed E-state index contributed by atoms with van der Waals surface area (Å²) in [6.07, 6.45) is 6.23. The lowest BCUT2D eigenvalue weighted by Gasteiger charge is -2.27. The van der Waals surface area contributed by atoms with E-state index < -0.39 is 6.04 Å². The van der Waals surface area contributed by atoms with Crippen LogP contribution in [0.25, 0.3) is 22.2 Å². The first-order chi connectivity index (χ1) is 19.6. The van der Waals surface area contributed by atoms with Gasteiger partial charge in [0.2, 0.25) is 11.8 Å². The molecular weight excluding hydrogens is 592 g/mol. The Bertz CT molecular complexity index is 1720. The molecule has 1 aliphatic carbocycles. The van der Waals surface area contributed by atoms with Gasteiger partial charge in [0.1, 0.15) is 34.5 Å². The minimum absolute atomic E-state index is 0.0705. The van der Waals surface area contributed by atoms with Crippen molar-refractivity contribution in [3.63, 3.8) is 0 Å². The van der Waals surface area contributed by atoms with Crippen molar-refractivity contribution in [2.24, 2.45) is 5.41 Å². The molecule has 4 aromatic heterocycles. The number of nitrogens with one attached hydrogen (secondary N) is 1. The zero-order valence-corrected chi connectivity index (χ0v) is 24.2. The molecule has 2 amide bonds. The largest absolute Gasteiger partial charge is 0.392 e. The third-order valence-corrected chi connectivity index (χ3v) is 8.36. The molecule has 0 spiro atoms. The van der Waals surface area contributed by atoms with Gasteiger partial charge in [-0.3, -0.25) is 24.0 Å². The number of nitrogens with zero attached hydrogens (tertiary/aromatic N) is 7. The normalized spacial score (nSPS) is 21.1. The van der Waals surface area contributed by atoms with Gasteiger partial charge in [-0.2, -0.15) is 5.10 Å². The first-order valence-corrected chi connectivity index (χ1v) is 13.9. The zero-order valence-electron chi connectivity index (χ0n) is 22.6. The van der Waals surface area contributed by atoms with Crippen LogP contribution in [0.15, 0.2) is 41.4 Å². The van der Waals surface area contributed by atoms with Crippen molar-refractivity contribution in [2.45, 2.75) is 58.8 Å². The summed E-state index contributed by atoms with van der Waals surface area (Å²) in [6.45, 7) is 4.83. The van der Waals surface area contributed by atoms with Crippen LogP contribution in [0.2, 0.25) is 0 Å². The van der Waals surface area contributed by atoms with Crippen molar-refractivity contribution in [1.29, 1.82) is 0 Å². The fourth-order valence-corrected chi connectivity index (χ4v) is 5.91. The number of piperidine rings is 1. The zero-order chi connectivity index (χ0) is 29.1. The van der Waals surface area contributed by atoms with Crippen LogP contribution >= 0.6 is 15.9 Å². The molecule has 5 heterocycles. The number of aliphatic hydroxyl groups is 1. The van der Waals surface area contributed by atoms with Gasteiger partial charge in [0.25, 0.3) is 0 Å². The smallest absolute Gasteiger partial charge is 0.248 e. The van der Waals surface area contributed by atoms with Gasteiger partial charge >= 0.3 is 0 Å². The van der Waals surface area contributed by atoms with Crippen molar-refractivity contribution in [1.82, 2.24) is 34.6 Å². The highest BCUT2D eigenvalue weighted by atomic mass is 79.9. The Morgan fingerprint density at radius 1 is 1.15 bits per heavy atom. The van der Waals surface area contributed by atoms with E-state index in [4.69, 9.17) is 0 Å². The second kappa shape index (κ2) is 10.1. The van der Waals surface area contributed by atoms with Crippen LogP contribution < -0.4 is 5.32 Å². The van der Waals surface area contributed by atoms with Gasteiger partial charge in [0.05, 0.1) is 24.0 Å². The minimum Gasteiger partial charge on any atom is -0.392 e. The minimum atomic E-state index is -0.709. The molecule has 1 saturated carbocycles. The third kappa shape index (κ3) is 4.88. The number of likely N-dealkylation sites (tertiary alicyclic amines) is 1. The lowest BCUT2D eigenvalue weighted by molar-refractivity contribution is -0.138. The number of rotatable bonds is 7. The van der Waals surface area contributed by atoms with Crippen molar-refractivity contribution in [3.8, 4) is 11.3 Å². The van der Waals surface area contributed by atoms with Crippen LogP contribution in [-0.2, 0) is 22.7 Å². The van der Waals surface area contributed by atoms with Gasteiger partial charge in [0, 0.05) is 41.9 Å². The number of aromatic nitrogens is 6. The first-order valence-electron chi connectivity index (χ1n) is 13.1. The number of aryl methyl sites for hydroxylation is 1. The predicted octanol–water partition coefficient (Wildman–Crippen LogP) is 3.07. The second-order valence-corrected chi connectivity index (χ2v) is 11.7. The van der Waals surface area contributed by atoms with Crippen molar-refractivity contribution in [2.75, 3.05) is 5.32 Å². The molecule has 210 valence electrons. The maximum Gasteiger partial charge on any atom is 0.248 e. The van der Waals surface area contributed by atoms with Gasteiger partial charge in [-0.1, -0.05) is 13.0 Å². The van der Waals surface area contributed by atoms with Gasteiger partial charge in [-0.15, -0.1) is 0 Å². The Hall–Kier alpha value is -4.10. The fraction of sp³-hybridized carbons (Fsp3) is 0.357. The summed E-state index contributed by atoms with van der Waals surface area (Å²) >= 11 is 3.29. The van der Waals surface area contributed by atoms with E-state index in [0.29, 0.717) is 44.6 Å². The standard InChI is InChI=1S/C28H27BrN8O4/c1-14(39)25-18-6-19(17-9-30-15(2)31-10-17)32-11-21(18)36(35-25)12-24(40)37-20(7-28(3)8-22(28)37)27(41)34-26-16(13-38)4-5-23(29)33-26/h4-6,9-11,20,22,38H,7-8,12-13H2,1-3H3,(H,33,34,41)/t20-,22+,28-/m0/s1. The molecule has 0 unspecified atom stereocenters. The summed E-state index contributed by atoms with van der Waals surface area (Å²) in [4.78, 5) is 58.6. The summed E-state index contributed by atoms with van der Waals surface area (Å²) in [5, 5.41) is 17.5. The molecule has 41 heavy (non-hydrogen) atoms. The van der Waals surface area contributed by atoms with E-state index in [1.807, 2.05) is 0 Å². The molecule has 0 bridgehead atoms. The molecule has 2 aliphatic rings. The summed E-state index contributed by atoms with van der Waals surface area (Å²) in [5.74, 6) is -0.0131. The number of carbonyl (C=O) groups excluding carboxylic acids is 3. The number of halogens is 1. The van der Waals surface area contributed by atoms with Gasteiger partial charge in [-0.05, 0) is 53.2 Å². The number of amides is 2. The quantitative estimate of drug-likeness (QED) is 0.235. The van der Waals surface area contributed by atoms with Crippen LogP contribution in [0.5, 0.6) is 0 Å². The van der Waals surface area contributed by atoms with Crippen LogP contribution in [-0.4, -0.2) is 69.4 Å². The van der Waals surface area contributed by atoms with Crippen molar-refractivity contribution < 1.29 is 19.5 Å². The van der Waals surface area contributed by atoms with E-state index in [1.165, 1.54) is 11.6 Å². The van der Waals surface area contributed by atoms with E-state index in [2.05, 4.69) is 53.2 Å². The number of aliphatic hydroxyl groups excluding tert-OH is 1. The first kappa shape index (κ1) is 27.1. The summed E-state index contributed by atoms with van der Waals surface area (Å²) in [7, 11) is 0. The number of hydrogen-bond donors (Lipinski definition) is 2. The van der Waals surface area contributed by atoms with E-state index in [0.717, 1.165) is 6.42 Å². The van der Waals surface area contributed by atoms with Crippen LogP contribution in [0, 0.1) is 12.3 Å². The molecule has 0 radical (unpaired) electrons. The number of ketones is 1. The molecule has 4 aromatic rings. The van der Waals surface area contributed by atoms with Gasteiger partial charge in [-0.25, -0.2) is 15.0 Å². The molecule has 2 fully saturated rings. The van der Waals surface area contributed by atoms with Gasteiger partial charge in [0.15, 0.2) is 5.78 Å². The molecule has 3 atom stereocenters. The lowest BCUT2D eigenvalue weighted by atomic mass is 10.0. The maximum atomic E-state index is 13.8. The van der Waals surface area contributed by atoms with Crippen molar-refractivity contribution >= 4 is 50.2 Å². The number of anilines is 1. The second-order valence-electron chi connectivity index (χ2n) is 10.9. The highest BCUT2D eigenvalue weighted by Gasteiger charge is 2.64. The number of Topliss-reactive ketones (excluding diaryl/α,β-unsaturated/α-hetero) is 1. The maximum absolute atomic E-state index is 13.8. The number of pyridine rings is 2. The summed E-state index contributed by atoms with van der Waals surface area (Å²) in [6, 6.07) is 4.32. The molecule has 1 saturated heterocycles.